The van der Waals surface area contributed by atoms with Crippen LogP contribution >= 0.6 is 0 Å². The van der Waals surface area contributed by atoms with Gasteiger partial charge in [0.1, 0.15) is 0 Å². The largest absolute Gasteiger partial charge is 0.377 e. The van der Waals surface area contributed by atoms with Crippen molar-refractivity contribution in [3.63, 3.8) is 0 Å². The lowest BCUT2D eigenvalue weighted by atomic mass is 10.1. The second kappa shape index (κ2) is 7.44. The van der Waals surface area contributed by atoms with Gasteiger partial charge in [0.25, 0.3) is 0 Å². The highest BCUT2D eigenvalue weighted by Gasteiger charge is 2.18. The number of hydrogen-bond donors (Lipinski definition) is 1. The summed E-state index contributed by atoms with van der Waals surface area (Å²) in [6, 6.07) is 3.92. The number of nitrogens with one attached hydrogen (secondary N) is 1. The van der Waals surface area contributed by atoms with Crippen LogP contribution in [0.3, 0.4) is 0 Å². The van der Waals surface area contributed by atoms with Crippen LogP contribution in [-0.4, -0.2) is 19.3 Å². The van der Waals surface area contributed by atoms with Crippen molar-refractivity contribution in [2.45, 2.75) is 39.3 Å². The maximum Gasteiger partial charge on any atom is 0.163 e. The van der Waals surface area contributed by atoms with E-state index in [0.29, 0.717) is 12.2 Å². The Balaban J connectivity index is 2.83. The molecule has 0 saturated heterocycles. The van der Waals surface area contributed by atoms with E-state index >= 15 is 0 Å². The molecule has 2 nitrogen and oxygen atoms in total. The SMILES string of the molecule is CCCNC(COC(C)C)c1cccc(F)c1F. The van der Waals surface area contributed by atoms with E-state index in [9.17, 15) is 8.78 Å². The number of ether oxygens (including phenoxy) is 1. The van der Waals surface area contributed by atoms with Crippen LogP contribution in [0, 0.1) is 11.6 Å². The fourth-order valence-corrected chi connectivity index (χ4v) is 1.66. The molecule has 4 heteroatoms. The van der Waals surface area contributed by atoms with Gasteiger partial charge in [-0.1, -0.05) is 19.1 Å². The number of halogens is 2. The van der Waals surface area contributed by atoms with E-state index < -0.39 is 11.6 Å². The molecule has 0 aliphatic rings. The van der Waals surface area contributed by atoms with Crippen LogP contribution < -0.4 is 5.32 Å². The van der Waals surface area contributed by atoms with E-state index in [2.05, 4.69) is 5.32 Å². The molecular weight excluding hydrogens is 236 g/mol. The van der Waals surface area contributed by atoms with Crippen molar-refractivity contribution < 1.29 is 13.5 Å². The van der Waals surface area contributed by atoms with E-state index in [0.717, 1.165) is 19.0 Å². The summed E-state index contributed by atoms with van der Waals surface area (Å²) in [6.07, 6.45) is 0.988. The monoisotopic (exact) mass is 257 g/mol. The van der Waals surface area contributed by atoms with Gasteiger partial charge in [-0.05, 0) is 32.9 Å². The Kier molecular flexibility index (Phi) is 6.22. The highest BCUT2D eigenvalue weighted by molar-refractivity contribution is 5.22. The molecule has 0 saturated carbocycles. The Hall–Kier alpha value is -1.00. The van der Waals surface area contributed by atoms with Crippen LogP contribution in [-0.2, 0) is 4.74 Å². The fourth-order valence-electron chi connectivity index (χ4n) is 1.66. The summed E-state index contributed by atoms with van der Waals surface area (Å²) in [7, 11) is 0. The molecule has 1 atom stereocenters. The first-order chi connectivity index (χ1) is 8.56. The topological polar surface area (TPSA) is 21.3 Å². The first-order valence-corrected chi connectivity index (χ1v) is 6.35. The number of benzene rings is 1. The predicted octanol–water partition coefficient (Wildman–Crippen LogP) is 3.43. The third kappa shape index (κ3) is 4.35. The summed E-state index contributed by atoms with van der Waals surface area (Å²) >= 11 is 0. The molecule has 18 heavy (non-hydrogen) atoms. The van der Waals surface area contributed by atoms with Crippen molar-refractivity contribution in [2.75, 3.05) is 13.2 Å². The summed E-state index contributed by atoms with van der Waals surface area (Å²) < 4.78 is 32.4. The van der Waals surface area contributed by atoms with Crippen molar-refractivity contribution in [1.82, 2.24) is 5.32 Å². The molecule has 0 aliphatic heterocycles. The van der Waals surface area contributed by atoms with Crippen LogP contribution in [0.2, 0.25) is 0 Å². The molecule has 0 heterocycles. The molecule has 0 aromatic heterocycles. The van der Waals surface area contributed by atoms with Crippen molar-refractivity contribution in [3.05, 3.63) is 35.4 Å². The zero-order valence-corrected chi connectivity index (χ0v) is 11.2. The third-order valence-electron chi connectivity index (χ3n) is 2.59. The van der Waals surface area contributed by atoms with Crippen molar-refractivity contribution >= 4 is 0 Å². The zero-order chi connectivity index (χ0) is 13.5. The standard InChI is InChI=1S/C14H21F2NO/c1-4-8-17-13(9-18-10(2)3)11-6-5-7-12(15)14(11)16/h5-7,10,13,17H,4,8-9H2,1-3H3. The molecular formula is C14H21F2NO. The minimum absolute atomic E-state index is 0.0625. The molecule has 0 aliphatic carbocycles. The summed E-state index contributed by atoms with van der Waals surface area (Å²) in [5.74, 6) is -1.61. The van der Waals surface area contributed by atoms with Crippen LogP contribution in [0.4, 0.5) is 8.78 Å². The molecule has 0 spiro atoms. The van der Waals surface area contributed by atoms with Gasteiger partial charge in [-0.15, -0.1) is 0 Å². The molecule has 0 amide bonds. The van der Waals surface area contributed by atoms with E-state index in [1.54, 1.807) is 6.07 Å². The van der Waals surface area contributed by atoms with E-state index in [4.69, 9.17) is 4.74 Å². The highest BCUT2D eigenvalue weighted by atomic mass is 19.2. The lowest BCUT2D eigenvalue weighted by molar-refractivity contribution is 0.0603. The first kappa shape index (κ1) is 15.1. The van der Waals surface area contributed by atoms with Crippen molar-refractivity contribution in [3.8, 4) is 0 Å². The highest BCUT2D eigenvalue weighted by Crippen LogP contribution is 2.20. The fraction of sp³-hybridized carbons (Fsp3) is 0.571. The molecule has 1 aromatic rings. The molecule has 1 N–H and O–H groups in total. The Morgan fingerprint density at radius 3 is 2.61 bits per heavy atom. The van der Waals surface area contributed by atoms with Crippen LogP contribution in [0.25, 0.3) is 0 Å². The number of hydrogen-bond acceptors (Lipinski definition) is 2. The van der Waals surface area contributed by atoms with Crippen LogP contribution in [0.5, 0.6) is 0 Å². The molecule has 102 valence electrons. The van der Waals surface area contributed by atoms with Gasteiger partial charge in [0.15, 0.2) is 11.6 Å². The minimum Gasteiger partial charge on any atom is -0.377 e. The Bertz CT molecular complexity index is 369. The molecule has 0 radical (unpaired) electrons. The Labute approximate surface area is 107 Å². The summed E-state index contributed by atoms with van der Waals surface area (Å²) in [6.45, 7) is 6.92. The Morgan fingerprint density at radius 1 is 1.28 bits per heavy atom. The maximum absolute atomic E-state index is 13.7. The van der Waals surface area contributed by atoms with Gasteiger partial charge in [0.05, 0.1) is 18.8 Å². The van der Waals surface area contributed by atoms with Gasteiger partial charge in [0.2, 0.25) is 0 Å². The summed E-state index contributed by atoms with van der Waals surface area (Å²) in [4.78, 5) is 0. The van der Waals surface area contributed by atoms with Crippen molar-refractivity contribution in [2.24, 2.45) is 0 Å². The number of rotatable bonds is 7. The van der Waals surface area contributed by atoms with Gasteiger partial charge in [0, 0.05) is 5.56 Å². The normalized spacial score (nSPS) is 13.0. The average Bonchev–Trinajstić information content (AvgIpc) is 2.33. The minimum atomic E-state index is -0.819. The smallest absolute Gasteiger partial charge is 0.163 e. The predicted molar refractivity (Wildman–Crippen MR) is 68.5 cm³/mol. The lowest BCUT2D eigenvalue weighted by Crippen LogP contribution is -2.28. The van der Waals surface area contributed by atoms with Gasteiger partial charge >= 0.3 is 0 Å². The molecule has 1 unspecified atom stereocenters. The van der Waals surface area contributed by atoms with Gasteiger partial charge in [-0.3, -0.25) is 0 Å². The van der Waals surface area contributed by atoms with E-state index in [1.807, 2.05) is 20.8 Å². The average molecular weight is 257 g/mol. The lowest BCUT2D eigenvalue weighted by Gasteiger charge is -2.21. The second-order valence-corrected chi connectivity index (χ2v) is 4.53. The van der Waals surface area contributed by atoms with Gasteiger partial charge in [-0.25, -0.2) is 8.78 Å². The zero-order valence-electron chi connectivity index (χ0n) is 11.2. The molecule has 1 aromatic carbocycles. The maximum atomic E-state index is 13.7. The quantitative estimate of drug-likeness (QED) is 0.808. The van der Waals surface area contributed by atoms with Crippen LogP contribution in [0.15, 0.2) is 18.2 Å². The third-order valence-corrected chi connectivity index (χ3v) is 2.59. The molecule has 0 bridgehead atoms. The van der Waals surface area contributed by atoms with Crippen molar-refractivity contribution in [1.29, 1.82) is 0 Å². The van der Waals surface area contributed by atoms with Gasteiger partial charge in [-0.2, -0.15) is 0 Å². The molecule has 1 rings (SSSR count). The van der Waals surface area contributed by atoms with Gasteiger partial charge < -0.3 is 10.1 Å². The van der Waals surface area contributed by atoms with E-state index in [-0.39, 0.29) is 12.1 Å². The molecule has 0 fully saturated rings. The van der Waals surface area contributed by atoms with E-state index in [1.165, 1.54) is 6.07 Å². The summed E-state index contributed by atoms with van der Waals surface area (Å²) in [5, 5.41) is 3.18. The Morgan fingerprint density at radius 2 is 2.00 bits per heavy atom. The summed E-state index contributed by atoms with van der Waals surface area (Å²) in [5.41, 5.74) is 0.323. The first-order valence-electron chi connectivity index (χ1n) is 6.35. The second-order valence-electron chi connectivity index (χ2n) is 4.53. The van der Waals surface area contributed by atoms with Crippen LogP contribution in [0.1, 0.15) is 38.8 Å².